The molecule has 2 aliphatic rings. The van der Waals surface area contributed by atoms with Gasteiger partial charge in [-0.2, -0.15) is 0 Å². The minimum Gasteiger partial charge on any atom is -0.394 e. The average molecular weight is 195 g/mol. The number of aliphatic hydroxyl groups is 1. The highest BCUT2D eigenvalue weighted by molar-refractivity contribution is 5.79. The summed E-state index contributed by atoms with van der Waals surface area (Å²) in [6, 6.07) is 0.311. The molecule has 1 amide bonds. The van der Waals surface area contributed by atoms with Gasteiger partial charge in [0.2, 0.25) is 5.91 Å². The number of amides is 1. The fraction of sp³-hybridized carbons (Fsp3) is 0.727. The monoisotopic (exact) mass is 195 g/mol. The van der Waals surface area contributed by atoms with Gasteiger partial charge in [0.05, 0.1) is 18.7 Å². The lowest BCUT2D eigenvalue weighted by Gasteiger charge is -2.32. The Morgan fingerprint density at radius 3 is 3.00 bits per heavy atom. The van der Waals surface area contributed by atoms with E-state index in [9.17, 15) is 4.79 Å². The Labute approximate surface area is 84.4 Å². The molecular formula is C11H17NO2. The van der Waals surface area contributed by atoms with Crippen molar-refractivity contribution in [3.63, 3.8) is 0 Å². The quantitative estimate of drug-likeness (QED) is 0.670. The van der Waals surface area contributed by atoms with Crippen LogP contribution in [0.5, 0.6) is 0 Å². The Hall–Kier alpha value is -0.830. The molecule has 0 radical (unpaired) electrons. The summed E-state index contributed by atoms with van der Waals surface area (Å²) in [5.41, 5.74) is 0. The van der Waals surface area contributed by atoms with Crippen molar-refractivity contribution < 1.29 is 9.90 Å². The maximum atomic E-state index is 11.6. The zero-order chi connectivity index (χ0) is 9.97. The van der Waals surface area contributed by atoms with Crippen LogP contribution in [0, 0.1) is 0 Å². The van der Waals surface area contributed by atoms with Crippen molar-refractivity contribution in [1.29, 1.82) is 0 Å². The SMILES string of the molecule is O=C1CCC(CO)N1C1C=CCCC1. The van der Waals surface area contributed by atoms with E-state index in [0.29, 0.717) is 6.42 Å². The average Bonchev–Trinajstić information content (AvgIpc) is 2.61. The summed E-state index contributed by atoms with van der Waals surface area (Å²) >= 11 is 0. The van der Waals surface area contributed by atoms with Gasteiger partial charge in [0.15, 0.2) is 0 Å². The van der Waals surface area contributed by atoms with Crippen LogP contribution >= 0.6 is 0 Å². The van der Waals surface area contributed by atoms with Crippen molar-refractivity contribution in [2.75, 3.05) is 6.61 Å². The molecule has 1 aliphatic carbocycles. The first-order valence-corrected chi connectivity index (χ1v) is 5.41. The molecular weight excluding hydrogens is 178 g/mol. The van der Waals surface area contributed by atoms with Gasteiger partial charge in [-0.1, -0.05) is 12.2 Å². The van der Waals surface area contributed by atoms with Gasteiger partial charge in [0.1, 0.15) is 0 Å². The Balaban J connectivity index is 2.09. The van der Waals surface area contributed by atoms with E-state index in [1.165, 1.54) is 0 Å². The number of hydrogen-bond donors (Lipinski definition) is 1. The first-order chi connectivity index (χ1) is 6.83. The number of allylic oxidation sites excluding steroid dienone is 1. The van der Waals surface area contributed by atoms with E-state index in [1.54, 1.807) is 0 Å². The molecule has 2 atom stereocenters. The lowest BCUT2D eigenvalue weighted by molar-refractivity contribution is -0.131. The molecule has 2 unspecified atom stereocenters. The van der Waals surface area contributed by atoms with Crippen LogP contribution in [0.4, 0.5) is 0 Å². The molecule has 1 saturated heterocycles. The van der Waals surface area contributed by atoms with Crippen molar-refractivity contribution in [3.05, 3.63) is 12.2 Å². The second-order valence-electron chi connectivity index (χ2n) is 4.10. The summed E-state index contributed by atoms with van der Waals surface area (Å²) in [5, 5.41) is 9.17. The summed E-state index contributed by atoms with van der Waals surface area (Å²) in [4.78, 5) is 13.5. The highest BCUT2D eigenvalue weighted by Crippen LogP contribution is 2.26. The molecule has 1 fully saturated rings. The zero-order valence-corrected chi connectivity index (χ0v) is 8.35. The summed E-state index contributed by atoms with van der Waals surface area (Å²) < 4.78 is 0. The molecule has 0 aromatic carbocycles. The van der Waals surface area contributed by atoms with E-state index < -0.39 is 0 Å². The molecule has 3 heteroatoms. The minimum atomic E-state index is 0.0650. The normalized spacial score (nSPS) is 32.6. The highest BCUT2D eigenvalue weighted by atomic mass is 16.3. The van der Waals surface area contributed by atoms with E-state index in [1.807, 2.05) is 4.90 Å². The predicted octanol–water partition coefficient (Wildman–Crippen LogP) is 1.08. The van der Waals surface area contributed by atoms with Crippen molar-refractivity contribution in [1.82, 2.24) is 4.90 Å². The van der Waals surface area contributed by atoms with Crippen molar-refractivity contribution in [3.8, 4) is 0 Å². The van der Waals surface area contributed by atoms with Crippen LogP contribution in [0.2, 0.25) is 0 Å². The van der Waals surface area contributed by atoms with Gasteiger partial charge in [-0.3, -0.25) is 4.79 Å². The van der Waals surface area contributed by atoms with E-state index in [2.05, 4.69) is 12.2 Å². The van der Waals surface area contributed by atoms with Crippen LogP contribution in [0.3, 0.4) is 0 Å². The molecule has 0 spiro atoms. The molecule has 0 aromatic heterocycles. The molecule has 2 rings (SSSR count). The minimum absolute atomic E-state index is 0.0650. The maximum absolute atomic E-state index is 11.6. The maximum Gasteiger partial charge on any atom is 0.223 e. The number of nitrogens with zero attached hydrogens (tertiary/aromatic N) is 1. The van der Waals surface area contributed by atoms with Crippen molar-refractivity contribution in [2.45, 2.75) is 44.2 Å². The summed E-state index contributed by atoms with van der Waals surface area (Å²) in [6.07, 6.45) is 9.03. The third-order valence-corrected chi connectivity index (χ3v) is 3.17. The van der Waals surface area contributed by atoms with Gasteiger partial charge in [0, 0.05) is 6.42 Å². The Morgan fingerprint density at radius 2 is 2.36 bits per heavy atom. The Kier molecular flexibility index (Phi) is 2.87. The van der Waals surface area contributed by atoms with Gasteiger partial charge in [0.25, 0.3) is 0 Å². The summed E-state index contributed by atoms with van der Waals surface area (Å²) in [6.45, 7) is 0.107. The lowest BCUT2D eigenvalue weighted by atomic mass is 10.0. The number of hydrogen-bond acceptors (Lipinski definition) is 2. The van der Waals surface area contributed by atoms with Crippen LogP contribution in [-0.4, -0.2) is 34.6 Å². The third-order valence-electron chi connectivity index (χ3n) is 3.17. The standard InChI is InChI=1S/C11H17NO2/c13-8-10-6-7-11(14)12(10)9-4-2-1-3-5-9/h2,4,9-10,13H,1,3,5-8H2. The van der Waals surface area contributed by atoms with Crippen LogP contribution in [0.25, 0.3) is 0 Å². The first-order valence-electron chi connectivity index (χ1n) is 5.41. The van der Waals surface area contributed by atoms with Crippen LogP contribution in [0.1, 0.15) is 32.1 Å². The number of rotatable bonds is 2. The van der Waals surface area contributed by atoms with Crippen LogP contribution in [-0.2, 0) is 4.79 Å². The van der Waals surface area contributed by atoms with Crippen molar-refractivity contribution >= 4 is 5.91 Å². The summed E-state index contributed by atoms with van der Waals surface area (Å²) in [5.74, 6) is 0.209. The Morgan fingerprint density at radius 1 is 1.50 bits per heavy atom. The first kappa shape index (κ1) is 9.71. The Bertz CT molecular complexity index is 250. The molecule has 0 saturated carbocycles. The third kappa shape index (κ3) is 1.69. The van der Waals surface area contributed by atoms with Crippen molar-refractivity contribution in [2.24, 2.45) is 0 Å². The number of aliphatic hydroxyl groups excluding tert-OH is 1. The fourth-order valence-electron chi connectivity index (χ4n) is 2.42. The van der Waals surface area contributed by atoms with Crippen LogP contribution < -0.4 is 0 Å². The smallest absolute Gasteiger partial charge is 0.223 e. The highest BCUT2D eigenvalue weighted by Gasteiger charge is 2.34. The number of likely N-dealkylation sites (tertiary alicyclic amines) is 1. The number of carbonyl (C=O) groups excluding carboxylic acids is 1. The molecule has 1 heterocycles. The van der Waals surface area contributed by atoms with Gasteiger partial charge < -0.3 is 10.0 Å². The zero-order valence-electron chi connectivity index (χ0n) is 8.35. The molecule has 3 nitrogen and oxygen atoms in total. The van der Waals surface area contributed by atoms with E-state index in [0.717, 1.165) is 25.7 Å². The number of carbonyl (C=O) groups is 1. The largest absolute Gasteiger partial charge is 0.394 e. The second-order valence-corrected chi connectivity index (χ2v) is 4.10. The van der Waals surface area contributed by atoms with E-state index in [-0.39, 0.29) is 24.6 Å². The molecule has 1 N–H and O–H groups in total. The van der Waals surface area contributed by atoms with Gasteiger partial charge >= 0.3 is 0 Å². The summed E-state index contributed by atoms with van der Waals surface area (Å²) in [7, 11) is 0. The molecule has 14 heavy (non-hydrogen) atoms. The second kappa shape index (κ2) is 4.13. The molecule has 0 aromatic rings. The topological polar surface area (TPSA) is 40.5 Å². The molecule has 1 aliphatic heterocycles. The van der Waals surface area contributed by atoms with E-state index >= 15 is 0 Å². The van der Waals surface area contributed by atoms with Gasteiger partial charge in [-0.15, -0.1) is 0 Å². The fourth-order valence-corrected chi connectivity index (χ4v) is 2.42. The van der Waals surface area contributed by atoms with Gasteiger partial charge in [-0.05, 0) is 25.7 Å². The van der Waals surface area contributed by atoms with E-state index in [4.69, 9.17) is 5.11 Å². The van der Waals surface area contributed by atoms with Gasteiger partial charge in [-0.25, -0.2) is 0 Å². The predicted molar refractivity (Wildman–Crippen MR) is 53.7 cm³/mol. The lowest BCUT2D eigenvalue weighted by Crippen LogP contribution is -2.43. The molecule has 0 bridgehead atoms. The molecule has 78 valence electrons. The van der Waals surface area contributed by atoms with Crippen LogP contribution in [0.15, 0.2) is 12.2 Å².